The third-order valence-electron chi connectivity index (χ3n) is 5.07. The zero-order valence-electron chi connectivity index (χ0n) is 15.6. The van der Waals surface area contributed by atoms with E-state index < -0.39 is 6.10 Å². The van der Waals surface area contributed by atoms with Gasteiger partial charge < -0.3 is 9.63 Å². The number of aromatic nitrogens is 1. The van der Waals surface area contributed by atoms with E-state index in [2.05, 4.69) is 10.1 Å². The minimum atomic E-state index is -0.526. The molecule has 2 atom stereocenters. The predicted octanol–water partition coefficient (Wildman–Crippen LogP) is 3.42. The van der Waals surface area contributed by atoms with Gasteiger partial charge in [0.15, 0.2) is 11.5 Å². The molecule has 2 aromatic rings. The summed E-state index contributed by atoms with van der Waals surface area (Å²) in [6.07, 6.45) is 3.81. The Kier molecular flexibility index (Phi) is 6.93. The Bertz CT molecular complexity index is 756. The monoisotopic (exact) mass is 390 g/mol. The van der Waals surface area contributed by atoms with Crippen LogP contribution < -0.4 is 0 Å². The quantitative estimate of drug-likeness (QED) is 0.494. The fraction of sp³-hybridized carbons (Fsp3) is 0.550. The van der Waals surface area contributed by atoms with Crippen LogP contribution in [0.5, 0.6) is 0 Å². The van der Waals surface area contributed by atoms with E-state index >= 15 is 0 Å². The van der Waals surface area contributed by atoms with Gasteiger partial charge in [0.25, 0.3) is 0 Å². The Morgan fingerprint density at radius 2 is 2.11 bits per heavy atom. The number of β-amino-alcohol motifs (C(OH)–C–C–N with tert-alkyl or cyclic N) is 1. The van der Waals surface area contributed by atoms with Crippen molar-refractivity contribution < 1.29 is 19.2 Å². The maximum absolute atomic E-state index is 12.2. The molecule has 7 heteroatoms. The number of likely N-dealkylation sites (tertiary alicyclic amines) is 1. The first-order valence-corrected chi connectivity index (χ1v) is 10.4. The Labute approximate surface area is 163 Å². The molecule has 0 bridgehead atoms. The topological polar surface area (TPSA) is 83.6 Å². The van der Waals surface area contributed by atoms with E-state index in [9.17, 15) is 14.7 Å². The van der Waals surface area contributed by atoms with Crippen LogP contribution in [0.25, 0.3) is 10.6 Å². The summed E-state index contributed by atoms with van der Waals surface area (Å²) in [5.74, 6) is 0.501. The van der Waals surface area contributed by atoms with Gasteiger partial charge in [0.05, 0.1) is 16.9 Å². The van der Waals surface area contributed by atoms with Gasteiger partial charge in [-0.15, -0.1) is 11.3 Å². The highest BCUT2D eigenvalue weighted by Gasteiger charge is 2.33. The predicted molar refractivity (Wildman–Crippen MR) is 104 cm³/mol. The smallest absolute Gasteiger partial charge is 0.184 e. The highest BCUT2D eigenvalue weighted by Crippen LogP contribution is 2.25. The van der Waals surface area contributed by atoms with E-state index in [1.807, 2.05) is 17.5 Å². The standard InChI is InChI=1S/C20H26N2O4S/c1-14(23)15-12-22(13-18(15)25)9-5-3-2-4-7-17(24)16-11-19(26-21-16)20-8-6-10-27-20/h6,8,10-11,15,18,25H,2-5,7,9,12-13H2,1H3/t15-,18+/m0/s1. The van der Waals surface area contributed by atoms with Crippen LogP contribution in [0.4, 0.5) is 0 Å². The van der Waals surface area contributed by atoms with E-state index in [1.54, 1.807) is 24.3 Å². The normalized spacial score (nSPS) is 20.2. The molecule has 27 heavy (non-hydrogen) atoms. The number of unbranched alkanes of at least 4 members (excludes halogenated alkanes) is 3. The zero-order valence-corrected chi connectivity index (χ0v) is 16.4. The highest BCUT2D eigenvalue weighted by atomic mass is 32.1. The van der Waals surface area contributed by atoms with Crippen molar-refractivity contribution in [3.8, 4) is 10.6 Å². The Morgan fingerprint density at radius 1 is 1.30 bits per heavy atom. The lowest BCUT2D eigenvalue weighted by molar-refractivity contribution is -0.122. The van der Waals surface area contributed by atoms with Gasteiger partial charge in [-0.25, -0.2) is 0 Å². The maximum atomic E-state index is 12.2. The third-order valence-corrected chi connectivity index (χ3v) is 5.96. The lowest BCUT2D eigenvalue weighted by atomic mass is 10.0. The second-order valence-electron chi connectivity index (χ2n) is 7.19. The number of aliphatic hydroxyl groups excluding tert-OH is 1. The fourth-order valence-corrected chi connectivity index (χ4v) is 4.17. The number of carbonyl (C=O) groups excluding carboxylic acids is 2. The number of ketones is 2. The third kappa shape index (κ3) is 5.34. The van der Waals surface area contributed by atoms with Crippen molar-refractivity contribution in [3.63, 3.8) is 0 Å². The van der Waals surface area contributed by atoms with Crippen LogP contribution in [-0.4, -0.2) is 52.5 Å². The van der Waals surface area contributed by atoms with Crippen LogP contribution in [0.1, 0.15) is 49.5 Å². The van der Waals surface area contributed by atoms with Crippen molar-refractivity contribution in [2.45, 2.75) is 45.1 Å². The molecule has 1 N–H and O–H groups in total. The van der Waals surface area contributed by atoms with Crippen LogP contribution in [0.15, 0.2) is 28.1 Å². The van der Waals surface area contributed by atoms with E-state index in [-0.39, 0.29) is 17.5 Å². The largest absolute Gasteiger partial charge is 0.391 e. The van der Waals surface area contributed by atoms with Crippen molar-refractivity contribution in [1.29, 1.82) is 0 Å². The molecular weight excluding hydrogens is 364 g/mol. The van der Waals surface area contributed by atoms with Crippen LogP contribution in [0.2, 0.25) is 0 Å². The average molecular weight is 391 g/mol. The van der Waals surface area contributed by atoms with E-state index in [4.69, 9.17) is 4.52 Å². The van der Waals surface area contributed by atoms with Gasteiger partial charge in [0.2, 0.25) is 0 Å². The second-order valence-corrected chi connectivity index (χ2v) is 8.13. The Balaban J connectivity index is 1.30. The van der Waals surface area contributed by atoms with Gasteiger partial charge in [0.1, 0.15) is 11.5 Å². The van der Waals surface area contributed by atoms with Gasteiger partial charge in [-0.05, 0) is 37.8 Å². The average Bonchev–Trinajstić information content (AvgIpc) is 3.37. The summed E-state index contributed by atoms with van der Waals surface area (Å²) >= 11 is 1.56. The van der Waals surface area contributed by atoms with E-state index in [0.29, 0.717) is 31.0 Å². The van der Waals surface area contributed by atoms with Crippen LogP contribution in [0, 0.1) is 5.92 Å². The Morgan fingerprint density at radius 3 is 2.81 bits per heavy atom. The summed E-state index contributed by atoms with van der Waals surface area (Å²) in [6.45, 7) is 3.68. The molecule has 0 saturated carbocycles. The van der Waals surface area contributed by atoms with Crippen LogP contribution in [-0.2, 0) is 4.79 Å². The first-order chi connectivity index (χ1) is 13.0. The second kappa shape index (κ2) is 9.39. The summed E-state index contributed by atoms with van der Waals surface area (Å²) in [5.41, 5.74) is 0.403. The number of thiophene rings is 1. The molecule has 0 aromatic carbocycles. The molecule has 0 spiro atoms. The first kappa shape index (κ1) is 19.9. The molecule has 1 aliphatic heterocycles. The van der Waals surface area contributed by atoms with Gasteiger partial charge in [-0.2, -0.15) is 0 Å². The molecule has 6 nitrogen and oxygen atoms in total. The molecule has 146 valence electrons. The molecule has 2 aromatic heterocycles. The van der Waals surface area contributed by atoms with Crippen molar-refractivity contribution in [3.05, 3.63) is 29.3 Å². The first-order valence-electron chi connectivity index (χ1n) is 9.49. The number of hydrogen-bond donors (Lipinski definition) is 1. The molecule has 1 aliphatic rings. The van der Waals surface area contributed by atoms with Gasteiger partial charge in [-0.3, -0.25) is 14.5 Å². The van der Waals surface area contributed by atoms with Crippen LogP contribution >= 0.6 is 11.3 Å². The highest BCUT2D eigenvalue weighted by molar-refractivity contribution is 7.13. The zero-order chi connectivity index (χ0) is 19.2. The maximum Gasteiger partial charge on any atom is 0.184 e. The Hall–Kier alpha value is -1.83. The summed E-state index contributed by atoms with van der Waals surface area (Å²) in [7, 11) is 0. The number of carbonyl (C=O) groups is 2. The van der Waals surface area contributed by atoms with Crippen molar-refractivity contribution in [2.75, 3.05) is 19.6 Å². The fourth-order valence-electron chi connectivity index (χ4n) is 3.49. The number of rotatable bonds is 10. The number of nitrogens with zero attached hydrogens (tertiary/aromatic N) is 2. The summed E-state index contributed by atoms with van der Waals surface area (Å²) < 4.78 is 5.26. The molecule has 0 radical (unpaired) electrons. The van der Waals surface area contributed by atoms with E-state index in [1.165, 1.54) is 0 Å². The van der Waals surface area contributed by atoms with Crippen molar-refractivity contribution >= 4 is 22.9 Å². The molecule has 1 saturated heterocycles. The lowest BCUT2D eigenvalue weighted by Gasteiger charge is -2.14. The molecule has 3 heterocycles. The summed E-state index contributed by atoms with van der Waals surface area (Å²) in [4.78, 5) is 26.8. The number of Topliss-reactive ketones (excluding diaryl/α,β-unsaturated/α-hetero) is 2. The number of aliphatic hydroxyl groups is 1. The molecule has 0 amide bonds. The van der Waals surface area contributed by atoms with Crippen molar-refractivity contribution in [2.24, 2.45) is 5.92 Å². The molecule has 0 unspecified atom stereocenters. The molecule has 1 fully saturated rings. The lowest BCUT2D eigenvalue weighted by Crippen LogP contribution is -2.24. The minimum Gasteiger partial charge on any atom is -0.391 e. The number of hydrogen-bond acceptors (Lipinski definition) is 7. The molecular formula is C20H26N2O4S. The molecule has 3 rings (SSSR count). The van der Waals surface area contributed by atoms with E-state index in [0.717, 1.165) is 37.1 Å². The SMILES string of the molecule is CC(=O)[C@@H]1CN(CCCCCCC(=O)c2cc(-c3cccs3)on2)C[C@H]1O. The van der Waals surface area contributed by atoms with Gasteiger partial charge in [0, 0.05) is 25.6 Å². The minimum absolute atomic E-state index is 0.0218. The van der Waals surface area contributed by atoms with Gasteiger partial charge in [-0.1, -0.05) is 24.1 Å². The summed E-state index contributed by atoms with van der Waals surface area (Å²) in [6, 6.07) is 5.60. The molecule has 0 aliphatic carbocycles. The van der Waals surface area contributed by atoms with Crippen LogP contribution in [0.3, 0.4) is 0 Å². The van der Waals surface area contributed by atoms with Crippen molar-refractivity contribution in [1.82, 2.24) is 10.1 Å². The van der Waals surface area contributed by atoms with Gasteiger partial charge >= 0.3 is 0 Å². The summed E-state index contributed by atoms with van der Waals surface area (Å²) in [5, 5.41) is 15.7.